The number of carbonyl (C=O) groups excluding carboxylic acids is 2. The standard InChI is InChI=1S/C17H14Cl2N2O2/c1-21-15-6-4-12(8-10(15)2-7-16(21)22)20-17(23)13-9-11(18)3-5-14(13)19/h3-6,8-9H,2,7H2,1H3,(H,20,23). The fourth-order valence-corrected chi connectivity index (χ4v) is 2.98. The van der Waals surface area contributed by atoms with E-state index in [-0.39, 0.29) is 11.8 Å². The molecule has 1 N–H and O–H groups in total. The fourth-order valence-electron chi connectivity index (χ4n) is 2.60. The van der Waals surface area contributed by atoms with Gasteiger partial charge in [-0.25, -0.2) is 0 Å². The van der Waals surface area contributed by atoms with Crippen molar-refractivity contribution in [3.05, 3.63) is 57.6 Å². The van der Waals surface area contributed by atoms with Gasteiger partial charge in [-0.1, -0.05) is 23.2 Å². The maximum Gasteiger partial charge on any atom is 0.257 e. The van der Waals surface area contributed by atoms with Crippen LogP contribution in [0.15, 0.2) is 36.4 Å². The number of halogens is 2. The second-order valence-corrected chi connectivity index (χ2v) is 6.22. The summed E-state index contributed by atoms with van der Waals surface area (Å²) in [6.45, 7) is 0. The average molecular weight is 349 g/mol. The number of carbonyl (C=O) groups is 2. The lowest BCUT2D eigenvalue weighted by atomic mass is 10.0. The minimum atomic E-state index is -0.322. The molecular weight excluding hydrogens is 335 g/mol. The third kappa shape index (κ3) is 3.19. The molecule has 23 heavy (non-hydrogen) atoms. The molecule has 2 aromatic carbocycles. The predicted octanol–water partition coefficient (Wildman–Crippen LogP) is 4.15. The number of hydrogen-bond acceptors (Lipinski definition) is 2. The Morgan fingerprint density at radius 1 is 1.13 bits per heavy atom. The Labute approximate surface area is 144 Å². The minimum absolute atomic E-state index is 0.0972. The van der Waals surface area contributed by atoms with E-state index in [1.165, 1.54) is 6.07 Å². The molecule has 0 saturated carbocycles. The van der Waals surface area contributed by atoms with E-state index >= 15 is 0 Å². The van der Waals surface area contributed by atoms with Crippen LogP contribution in [0.3, 0.4) is 0 Å². The van der Waals surface area contributed by atoms with E-state index in [9.17, 15) is 9.59 Å². The summed E-state index contributed by atoms with van der Waals surface area (Å²) in [5.41, 5.74) is 2.89. The van der Waals surface area contributed by atoms with Gasteiger partial charge in [0.15, 0.2) is 0 Å². The number of benzene rings is 2. The summed E-state index contributed by atoms with van der Waals surface area (Å²) < 4.78 is 0. The van der Waals surface area contributed by atoms with Gasteiger partial charge < -0.3 is 10.2 Å². The molecule has 0 fully saturated rings. The molecule has 0 spiro atoms. The van der Waals surface area contributed by atoms with Gasteiger partial charge in [-0.3, -0.25) is 9.59 Å². The van der Waals surface area contributed by atoms with Crippen molar-refractivity contribution in [3.8, 4) is 0 Å². The first-order chi connectivity index (χ1) is 11.0. The van der Waals surface area contributed by atoms with Crippen LogP contribution in [0.1, 0.15) is 22.3 Å². The molecular formula is C17H14Cl2N2O2. The fraction of sp³-hybridized carbons (Fsp3) is 0.176. The summed E-state index contributed by atoms with van der Waals surface area (Å²) in [4.78, 5) is 25.7. The Balaban J connectivity index is 1.85. The molecule has 4 nitrogen and oxygen atoms in total. The Morgan fingerprint density at radius 2 is 1.91 bits per heavy atom. The van der Waals surface area contributed by atoms with E-state index in [0.717, 1.165) is 11.3 Å². The summed E-state index contributed by atoms with van der Waals surface area (Å²) in [6.07, 6.45) is 1.14. The van der Waals surface area contributed by atoms with Gasteiger partial charge in [-0.05, 0) is 48.4 Å². The zero-order valence-electron chi connectivity index (χ0n) is 12.4. The van der Waals surface area contributed by atoms with Crippen molar-refractivity contribution in [3.63, 3.8) is 0 Å². The number of nitrogens with one attached hydrogen (secondary N) is 1. The van der Waals surface area contributed by atoms with Gasteiger partial charge in [-0.15, -0.1) is 0 Å². The molecule has 6 heteroatoms. The molecule has 1 aliphatic heterocycles. The quantitative estimate of drug-likeness (QED) is 0.885. The Kier molecular flexibility index (Phi) is 4.28. The number of hydrogen-bond donors (Lipinski definition) is 1. The number of aryl methyl sites for hydroxylation is 1. The van der Waals surface area contributed by atoms with Crippen molar-refractivity contribution in [2.24, 2.45) is 0 Å². The van der Waals surface area contributed by atoms with Crippen LogP contribution in [0.25, 0.3) is 0 Å². The van der Waals surface area contributed by atoms with Gasteiger partial charge >= 0.3 is 0 Å². The van der Waals surface area contributed by atoms with Crippen LogP contribution in [0, 0.1) is 0 Å². The minimum Gasteiger partial charge on any atom is -0.322 e. The maximum atomic E-state index is 12.4. The summed E-state index contributed by atoms with van der Waals surface area (Å²) in [6, 6.07) is 10.2. The number of amides is 2. The molecule has 0 atom stereocenters. The number of rotatable bonds is 2. The molecule has 118 valence electrons. The zero-order valence-corrected chi connectivity index (χ0v) is 13.9. The van der Waals surface area contributed by atoms with E-state index in [1.54, 1.807) is 30.1 Å². The van der Waals surface area contributed by atoms with Crippen LogP contribution >= 0.6 is 23.2 Å². The maximum absolute atomic E-state index is 12.4. The Hall–Kier alpha value is -2.04. The predicted molar refractivity (Wildman–Crippen MR) is 92.6 cm³/mol. The van der Waals surface area contributed by atoms with Gasteiger partial charge in [-0.2, -0.15) is 0 Å². The molecule has 1 aliphatic rings. The largest absolute Gasteiger partial charge is 0.322 e. The van der Waals surface area contributed by atoms with Gasteiger partial charge in [0.05, 0.1) is 10.6 Å². The molecule has 0 unspecified atom stereocenters. The van der Waals surface area contributed by atoms with Gasteiger partial charge in [0, 0.05) is 29.9 Å². The van der Waals surface area contributed by atoms with Gasteiger partial charge in [0.1, 0.15) is 0 Å². The van der Waals surface area contributed by atoms with Crippen molar-refractivity contribution in [2.45, 2.75) is 12.8 Å². The SMILES string of the molecule is CN1C(=O)CCc2cc(NC(=O)c3cc(Cl)ccc3Cl)ccc21. The molecule has 0 aliphatic carbocycles. The van der Waals surface area contributed by atoms with Crippen molar-refractivity contribution < 1.29 is 9.59 Å². The summed E-state index contributed by atoms with van der Waals surface area (Å²) in [5.74, 6) is -0.224. The lowest BCUT2D eigenvalue weighted by Crippen LogP contribution is -2.31. The molecule has 1 heterocycles. The normalized spacial score (nSPS) is 13.7. The first-order valence-electron chi connectivity index (χ1n) is 7.11. The third-order valence-electron chi connectivity index (χ3n) is 3.85. The highest BCUT2D eigenvalue weighted by molar-refractivity contribution is 6.36. The zero-order chi connectivity index (χ0) is 16.6. The van der Waals surface area contributed by atoms with E-state index in [2.05, 4.69) is 5.32 Å². The summed E-state index contributed by atoms with van der Waals surface area (Å²) >= 11 is 12.0. The molecule has 3 rings (SSSR count). The van der Waals surface area contributed by atoms with Crippen LogP contribution in [0.5, 0.6) is 0 Å². The second-order valence-electron chi connectivity index (χ2n) is 5.37. The first kappa shape index (κ1) is 15.8. The lowest BCUT2D eigenvalue weighted by molar-refractivity contribution is -0.118. The van der Waals surface area contributed by atoms with Crippen molar-refractivity contribution in [1.29, 1.82) is 0 Å². The van der Waals surface area contributed by atoms with Crippen molar-refractivity contribution >= 4 is 46.4 Å². The molecule has 2 aromatic rings. The highest BCUT2D eigenvalue weighted by Gasteiger charge is 2.21. The van der Waals surface area contributed by atoms with Crippen LogP contribution in [-0.4, -0.2) is 18.9 Å². The molecule has 0 bridgehead atoms. The summed E-state index contributed by atoms with van der Waals surface area (Å²) in [7, 11) is 1.75. The topological polar surface area (TPSA) is 49.4 Å². The number of anilines is 2. The molecule has 0 saturated heterocycles. The Bertz CT molecular complexity index is 805. The van der Waals surface area contributed by atoms with Gasteiger partial charge in [0.2, 0.25) is 5.91 Å². The average Bonchev–Trinajstić information content (AvgIpc) is 2.53. The highest BCUT2D eigenvalue weighted by atomic mass is 35.5. The van der Waals surface area contributed by atoms with E-state index < -0.39 is 0 Å². The third-order valence-corrected chi connectivity index (χ3v) is 4.42. The highest BCUT2D eigenvalue weighted by Crippen LogP contribution is 2.30. The van der Waals surface area contributed by atoms with Crippen LogP contribution < -0.4 is 10.2 Å². The van der Waals surface area contributed by atoms with Crippen LogP contribution in [0.2, 0.25) is 10.0 Å². The summed E-state index contributed by atoms with van der Waals surface area (Å²) in [5, 5.41) is 3.61. The number of nitrogens with zero attached hydrogens (tertiary/aromatic N) is 1. The van der Waals surface area contributed by atoms with Crippen LogP contribution in [0.4, 0.5) is 11.4 Å². The van der Waals surface area contributed by atoms with E-state index in [0.29, 0.717) is 34.1 Å². The molecule has 0 radical (unpaired) electrons. The van der Waals surface area contributed by atoms with E-state index in [4.69, 9.17) is 23.2 Å². The first-order valence-corrected chi connectivity index (χ1v) is 7.87. The molecule has 2 amide bonds. The molecule has 0 aromatic heterocycles. The van der Waals surface area contributed by atoms with Crippen LogP contribution in [-0.2, 0) is 11.2 Å². The monoisotopic (exact) mass is 348 g/mol. The second kappa shape index (κ2) is 6.22. The lowest BCUT2D eigenvalue weighted by Gasteiger charge is -2.26. The van der Waals surface area contributed by atoms with Crippen molar-refractivity contribution in [2.75, 3.05) is 17.3 Å². The smallest absolute Gasteiger partial charge is 0.257 e. The van der Waals surface area contributed by atoms with Gasteiger partial charge in [0.25, 0.3) is 5.91 Å². The Morgan fingerprint density at radius 3 is 2.70 bits per heavy atom. The number of fused-ring (bicyclic) bond motifs is 1. The van der Waals surface area contributed by atoms with Crippen molar-refractivity contribution in [1.82, 2.24) is 0 Å². The van der Waals surface area contributed by atoms with E-state index in [1.807, 2.05) is 12.1 Å².